The van der Waals surface area contributed by atoms with Crippen molar-refractivity contribution in [2.45, 2.75) is 39.3 Å². The number of hydrogen-bond acceptors (Lipinski definition) is 5. The molecule has 1 N–H and O–H groups in total. The summed E-state index contributed by atoms with van der Waals surface area (Å²) in [5.41, 5.74) is 1.51. The van der Waals surface area contributed by atoms with E-state index in [0.29, 0.717) is 41.7 Å². The van der Waals surface area contributed by atoms with Crippen LogP contribution in [-0.2, 0) is 16.1 Å². The molecule has 198 valence electrons. The highest BCUT2D eigenvalue weighted by atomic mass is 32.1. The SMILES string of the molecule is CCCOc1ccc(NC(=O)C[C@H]2C(=O)N(c3ccc(OCC)cc3)C(=S)N2Cc2ccccc2F)cc1. The Hall–Kier alpha value is -3.98. The van der Waals surface area contributed by atoms with Gasteiger partial charge < -0.3 is 19.7 Å². The van der Waals surface area contributed by atoms with E-state index in [4.69, 9.17) is 21.7 Å². The summed E-state index contributed by atoms with van der Waals surface area (Å²) in [6, 6.07) is 19.4. The second-order valence-corrected chi connectivity index (χ2v) is 9.11. The highest BCUT2D eigenvalue weighted by Gasteiger charge is 2.44. The number of thiocarbonyl (C=S) groups is 1. The molecule has 1 atom stereocenters. The average Bonchev–Trinajstić information content (AvgIpc) is 3.14. The summed E-state index contributed by atoms with van der Waals surface area (Å²) in [7, 11) is 0. The molecule has 0 bridgehead atoms. The molecular formula is C29H30FN3O4S. The van der Waals surface area contributed by atoms with E-state index < -0.39 is 11.9 Å². The van der Waals surface area contributed by atoms with Crippen LogP contribution in [0.3, 0.4) is 0 Å². The lowest BCUT2D eigenvalue weighted by Gasteiger charge is -2.24. The Kier molecular flexibility index (Phi) is 8.91. The van der Waals surface area contributed by atoms with E-state index in [1.54, 1.807) is 71.6 Å². The van der Waals surface area contributed by atoms with E-state index in [2.05, 4.69) is 5.32 Å². The van der Waals surface area contributed by atoms with Crippen molar-refractivity contribution in [3.63, 3.8) is 0 Å². The Labute approximate surface area is 227 Å². The summed E-state index contributed by atoms with van der Waals surface area (Å²) < 4.78 is 25.6. The third kappa shape index (κ3) is 6.28. The van der Waals surface area contributed by atoms with Crippen LogP contribution in [0.25, 0.3) is 0 Å². The standard InChI is InChI=1S/C29H30FN3O4S/c1-3-17-37-24-13-9-21(10-14-24)31-27(34)18-26-28(35)33(22-11-15-23(16-12-22)36-4-2)29(38)32(26)19-20-7-5-6-8-25(20)30/h5-16,26H,3-4,17-19H2,1-2H3,(H,31,34)/t26-/m0/s1. The number of halogens is 1. The summed E-state index contributed by atoms with van der Waals surface area (Å²) >= 11 is 5.69. The predicted octanol–water partition coefficient (Wildman–Crippen LogP) is 5.54. The van der Waals surface area contributed by atoms with Gasteiger partial charge in [0.25, 0.3) is 5.91 Å². The van der Waals surface area contributed by atoms with Gasteiger partial charge in [-0.05, 0) is 80.2 Å². The van der Waals surface area contributed by atoms with Gasteiger partial charge >= 0.3 is 0 Å². The number of carbonyl (C=O) groups excluding carboxylic acids is 2. The van der Waals surface area contributed by atoms with Crippen molar-refractivity contribution in [3.8, 4) is 11.5 Å². The Morgan fingerprint density at radius 2 is 1.63 bits per heavy atom. The molecule has 3 aromatic carbocycles. The number of amides is 2. The molecule has 4 rings (SSSR count). The molecule has 2 amide bonds. The van der Waals surface area contributed by atoms with Gasteiger partial charge in [0.2, 0.25) is 5.91 Å². The van der Waals surface area contributed by atoms with Gasteiger partial charge in [-0.3, -0.25) is 14.5 Å². The van der Waals surface area contributed by atoms with Crippen LogP contribution in [-0.4, -0.2) is 41.1 Å². The minimum absolute atomic E-state index is 0.0478. The quantitative estimate of drug-likeness (QED) is 0.325. The fourth-order valence-electron chi connectivity index (χ4n) is 4.16. The van der Waals surface area contributed by atoms with Crippen LogP contribution in [0.4, 0.5) is 15.8 Å². The monoisotopic (exact) mass is 535 g/mol. The number of nitrogens with one attached hydrogen (secondary N) is 1. The van der Waals surface area contributed by atoms with Gasteiger partial charge in [0.05, 0.1) is 25.3 Å². The molecule has 1 saturated heterocycles. The van der Waals surface area contributed by atoms with Crippen LogP contribution >= 0.6 is 12.2 Å². The lowest BCUT2D eigenvalue weighted by Crippen LogP contribution is -2.37. The number of carbonyl (C=O) groups is 2. The van der Waals surface area contributed by atoms with E-state index in [9.17, 15) is 14.0 Å². The fourth-order valence-corrected chi connectivity index (χ4v) is 4.55. The third-order valence-corrected chi connectivity index (χ3v) is 6.43. The molecule has 3 aromatic rings. The second kappa shape index (κ2) is 12.5. The Bertz CT molecular complexity index is 1280. The number of rotatable bonds is 11. The molecule has 38 heavy (non-hydrogen) atoms. The summed E-state index contributed by atoms with van der Waals surface area (Å²) in [5.74, 6) is 0.257. The summed E-state index contributed by atoms with van der Waals surface area (Å²) in [5, 5.41) is 3.04. The summed E-state index contributed by atoms with van der Waals surface area (Å²) in [6.07, 6.45) is 0.738. The maximum atomic E-state index is 14.5. The third-order valence-electron chi connectivity index (χ3n) is 6.01. The molecule has 0 aromatic heterocycles. The van der Waals surface area contributed by atoms with Gasteiger partial charge in [-0.2, -0.15) is 0 Å². The number of anilines is 2. The van der Waals surface area contributed by atoms with Gasteiger partial charge in [-0.15, -0.1) is 0 Å². The van der Waals surface area contributed by atoms with Crippen LogP contribution in [0.15, 0.2) is 72.8 Å². The smallest absolute Gasteiger partial charge is 0.256 e. The second-order valence-electron chi connectivity index (χ2n) is 8.74. The maximum Gasteiger partial charge on any atom is 0.256 e. The largest absolute Gasteiger partial charge is 0.494 e. The first-order valence-electron chi connectivity index (χ1n) is 12.5. The highest BCUT2D eigenvalue weighted by Crippen LogP contribution is 2.30. The first-order chi connectivity index (χ1) is 18.4. The average molecular weight is 536 g/mol. The molecule has 0 spiro atoms. The molecule has 0 aliphatic carbocycles. The molecule has 0 saturated carbocycles. The molecule has 0 radical (unpaired) electrons. The summed E-state index contributed by atoms with van der Waals surface area (Å²) in [6.45, 7) is 5.09. The van der Waals surface area contributed by atoms with E-state index in [0.717, 1.165) is 6.42 Å². The lowest BCUT2D eigenvalue weighted by atomic mass is 10.1. The molecule has 1 fully saturated rings. The zero-order chi connectivity index (χ0) is 27.1. The van der Waals surface area contributed by atoms with Crippen LogP contribution < -0.4 is 19.7 Å². The first-order valence-corrected chi connectivity index (χ1v) is 13.0. The molecular weight excluding hydrogens is 505 g/mol. The van der Waals surface area contributed by atoms with Crippen molar-refractivity contribution in [3.05, 3.63) is 84.2 Å². The van der Waals surface area contributed by atoms with Gasteiger partial charge in [0, 0.05) is 17.8 Å². The van der Waals surface area contributed by atoms with E-state index in [-0.39, 0.29) is 29.9 Å². The van der Waals surface area contributed by atoms with Crippen molar-refractivity contribution in [2.24, 2.45) is 0 Å². The number of nitrogens with zero attached hydrogens (tertiary/aromatic N) is 2. The van der Waals surface area contributed by atoms with E-state index in [1.165, 1.54) is 11.0 Å². The van der Waals surface area contributed by atoms with Gasteiger partial charge in [0.1, 0.15) is 23.4 Å². The Morgan fingerprint density at radius 1 is 0.974 bits per heavy atom. The minimum atomic E-state index is -0.902. The van der Waals surface area contributed by atoms with Gasteiger partial charge in [-0.1, -0.05) is 25.1 Å². The van der Waals surface area contributed by atoms with Gasteiger partial charge in [-0.25, -0.2) is 4.39 Å². The first kappa shape index (κ1) is 27.1. The van der Waals surface area contributed by atoms with Crippen molar-refractivity contribution < 1.29 is 23.5 Å². The van der Waals surface area contributed by atoms with E-state index >= 15 is 0 Å². The molecule has 1 heterocycles. The Morgan fingerprint density at radius 3 is 2.29 bits per heavy atom. The molecule has 7 nitrogen and oxygen atoms in total. The maximum absolute atomic E-state index is 14.5. The van der Waals surface area contributed by atoms with Crippen LogP contribution in [0.2, 0.25) is 0 Å². The van der Waals surface area contributed by atoms with Crippen LogP contribution in [0.1, 0.15) is 32.3 Å². The Balaban J connectivity index is 1.55. The molecule has 1 aliphatic heterocycles. The van der Waals surface area contributed by atoms with Crippen molar-refractivity contribution in [1.82, 2.24) is 4.90 Å². The number of hydrogen-bond donors (Lipinski definition) is 1. The number of benzene rings is 3. The van der Waals surface area contributed by atoms with Crippen molar-refractivity contribution >= 4 is 40.5 Å². The number of ether oxygens (including phenoxy) is 2. The zero-order valence-electron chi connectivity index (χ0n) is 21.4. The van der Waals surface area contributed by atoms with Crippen molar-refractivity contribution in [2.75, 3.05) is 23.4 Å². The minimum Gasteiger partial charge on any atom is -0.494 e. The van der Waals surface area contributed by atoms with E-state index in [1.807, 2.05) is 13.8 Å². The summed E-state index contributed by atoms with van der Waals surface area (Å²) in [4.78, 5) is 29.6. The molecule has 0 unspecified atom stereocenters. The molecule has 1 aliphatic rings. The fraction of sp³-hybridized carbons (Fsp3) is 0.276. The van der Waals surface area contributed by atoms with Crippen LogP contribution in [0, 0.1) is 5.82 Å². The topological polar surface area (TPSA) is 71.1 Å². The van der Waals surface area contributed by atoms with Crippen molar-refractivity contribution in [1.29, 1.82) is 0 Å². The van der Waals surface area contributed by atoms with Crippen LogP contribution in [0.5, 0.6) is 11.5 Å². The normalized spacial score (nSPS) is 15.1. The predicted molar refractivity (Wildman–Crippen MR) is 149 cm³/mol. The zero-order valence-corrected chi connectivity index (χ0v) is 22.2. The highest BCUT2D eigenvalue weighted by molar-refractivity contribution is 7.80. The molecule has 9 heteroatoms. The van der Waals surface area contributed by atoms with Gasteiger partial charge in [0.15, 0.2) is 5.11 Å². The lowest BCUT2D eigenvalue weighted by molar-refractivity contribution is -0.124.